The number of rotatable bonds is 8. The predicted octanol–water partition coefficient (Wildman–Crippen LogP) is -0.0581. The summed E-state index contributed by atoms with van der Waals surface area (Å²) in [6, 6.07) is 0. The molecule has 10 nitrogen and oxygen atoms in total. The van der Waals surface area contributed by atoms with Crippen molar-refractivity contribution in [1.82, 2.24) is 29.7 Å². The lowest BCUT2D eigenvalue weighted by Gasteiger charge is -2.20. The monoisotopic (exact) mass is 351 g/mol. The Bertz CT molecular complexity index is 699. The van der Waals surface area contributed by atoms with Crippen LogP contribution < -0.4 is 15.5 Å². The molecule has 0 saturated heterocycles. The molecule has 130 valence electrons. The van der Waals surface area contributed by atoms with Gasteiger partial charge < -0.3 is 15.5 Å². The zero-order chi connectivity index (χ0) is 17.7. The molecule has 2 heterocycles. The number of anilines is 2. The molecule has 0 spiro atoms. The Morgan fingerprint density at radius 1 is 1.21 bits per heavy atom. The van der Waals surface area contributed by atoms with Crippen molar-refractivity contribution in [3.05, 3.63) is 6.33 Å². The molecule has 0 unspecified atom stereocenters. The van der Waals surface area contributed by atoms with Crippen LogP contribution in [-0.2, 0) is 4.79 Å². The van der Waals surface area contributed by atoms with E-state index in [-0.39, 0.29) is 5.75 Å². The molecule has 0 fully saturated rings. The SMILES string of the molecule is CCN(CC)c1nc(N(C)C)nc(-n2cnc(SCC(N)=O)n2)n1. The average molecular weight is 351 g/mol. The summed E-state index contributed by atoms with van der Waals surface area (Å²) in [6.07, 6.45) is 1.50. The molecular formula is C13H21N9OS. The maximum Gasteiger partial charge on any atom is 0.258 e. The molecule has 2 N–H and O–H groups in total. The number of hydrogen-bond acceptors (Lipinski definition) is 9. The van der Waals surface area contributed by atoms with Crippen LogP contribution in [-0.4, -0.2) is 68.6 Å². The van der Waals surface area contributed by atoms with Crippen LogP contribution in [0, 0.1) is 0 Å². The minimum absolute atomic E-state index is 0.120. The van der Waals surface area contributed by atoms with Gasteiger partial charge in [-0.3, -0.25) is 4.79 Å². The number of nitrogens with two attached hydrogens (primary N) is 1. The van der Waals surface area contributed by atoms with Crippen molar-refractivity contribution in [3.63, 3.8) is 0 Å². The van der Waals surface area contributed by atoms with Gasteiger partial charge in [-0.15, -0.1) is 5.10 Å². The van der Waals surface area contributed by atoms with Gasteiger partial charge in [0.25, 0.3) is 5.95 Å². The molecule has 0 aliphatic rings. The standard InChI is InChI=1S/C13H21N9OS/c1-5-21(6-2)11-16-10(20(3)4)17-12(18-11)22-8-15-13(19-22)24-7-9(14)23/h8H,5-7H2,1-4H3,(H2,14,23). The second kappa shape index (κ2) is 7.90. The first kappa shape index (κ1) is 17.9. The van der Waals surface area contributed by atoms with Crippen LogP contribution >= 0.6 is 11.8 Å². The summed E-state index contributed by atoms with van der Waals surface area (Å²) in [4.78, 5) is 32.2. The fourth-order valence-corrected chi connectivity index (χ4v) is 2.38. The Morgan fingerprint density at radius 2 is 1.88 bits per heavy atom. The molecule has 0 bridgehead atoms. The highest BCUT2D eigenvalue weighted by Gasteiger charge is 2.15. The molecule has 1 amide bonds. The summed E-state index contributed by atoms with van der Waals surface area (Å²) in [6.45, 7) is 5.64. The molecular weight excluding hydrogens is 330 g/mol. The van der Waals surface area contributed by atoms with Crippen LogP contribution in [0.25, 0.3) is 5.95 Å². The first-order valence-electron chi connectivity index (χ1n) is 7.46. The molecule has 0 saturated carbocycles. The van der Waals surface area contributed by atoms with E-state index in [9.17, 15) is 4.79 Å². The van der Waals surface area contributed by atoms with Gasteiger partial charge in [-0.1, -0.05) is 11.8 Å². The molecule has 2 aromatic heterocycles. The van der Waals surface area contributed by atoms with Gasteiger partial charge >= 0.3 is 0 Å². The summed E-state index contributed by atoms with van der Waals surface area (Å²) in [5.41, 5.74) is 5.13. The number of carbonyl (C=O) groups is 1. The first-order chi connectivity index (χ1) is 11.4. The van der Waals surface area contributed by atoms with Gasteiger partial charge in [0.05, 0.1) is 5.75 Å². The van der Waals surface area contributed by atoms with Gasteiger partial charge in [-0.05, 0) is 13.8 Å². The number of hydrogen-bond donors (Lipinski definition) is 1. The summed E-state index contributed by atoms with van der Waals surface area (Å²) in [5.74, 6) is 1.18. The third kappa shape index (κ3) is 4.31. The maximum atomic E-state index is 10.8. The van der Waals surface area contributed by atoms with Crippen molar-refractivity contribution in [1.29, 1.82) is 0 Å². The van der Waals surface area contributed by atoms with Crippen molar-refractivity contribution in [2.75, 3.05) is 42.7 Å². The average Bonchev–Trinajstić information content (AvgIpc) is 3.03. The van der Waals surface area contributed by atoms with Gasteiger partial charge in [0, 0.05) is 27.2 Å². The fourth-order valence-electron chi connectivity index (χ4n) is 1.84. The van der Waals surface area contributed by atoms with Gasteiger partial charge in [-0.2, -0.15) is 19.6 Å². The number of carbonyl (C=O) groups excluding carboxylic acids is 1. The number of amides is 1. The molecule has 0 aliphatic heterocycles. The largest absolute Gasteiger partial charge is 0.369 e. The Balaban J connectivity index is 2.36. The molecule has 0 aromatic carbocycles. The van der Waals surface area contributed by atoms with Gasteiger partial charge in [0.2, 0.25) is 23.0 Å². The van der Waals surface area contributed by atoms with E-state index in [1.165, 1.54) is 11.0 Å². The zero-order valence-corrected chi connectivity index (χ0v) is 15.0. The highest BCUT2D eigenvalue weighted by molar-refractivity contribution is 7.99. The molecule has 0 radical (unpaired) electrons. The Hall–Kier alpha value is -2.43. The molecule has 0 aliphatic carbocycles. The van der Waals surface area contributed by atoms with Crippen molar-refractivity contribution in [3.8, 4) is 5.95 Å². The quantitative estimate of drug-likeness (QED) is 0.652. The third-order valence-electron chi connectivity index (χ3n) is 3.07. The van der Waals surface area contributed by atoms with Crippen LogP contribution in [0.4, 0.5) is 11.9 Å². The molecule has 2 rings (SSSR count). The summed E-state index contributed by atoms with van der Waals surface area (Å²) in [5, 5.41) is 4.71. The summed E-state index contributed by atoms with van der Waals surface area (Å²) < 4.78 is 1.46. The Kier molecular flexibility index (Phi) is 5.90. The first-order valence-corrected chi connectivity index (χ1v) is 8.44. The van der Waals surface area contributed by atoms with Crippen LogP contribution in [0.3, 0.4) is 0 Å². The normalized spacial score (nSPS) is 10.7. The zero-order valence-electron chi connectivity index (χ0n) is 14.2. The third-order valence-corrected chi connectivity index (χ3v) is 3.94. The minimum atomic E-state index is -0.421. The molecule has 11 heteroatoms. The summed E-state index contributed by atoms with van der Waals surface area (Å²) >= 11 is 1.16. The van der Waals surface area contributed by atoms with Crippen molar-refractivity contribution >= 4 is 29.6 Å². The molecule has 24 heavy (non-hydrogen) atoms. The Labute approximate surface area is 144 Å². The lowest BCUT2D eigenvalue weighted by atomic mass is 10.5. The number of aromatic nitrogens is 6. The second-order valence-electron chi connectivity index (χ2n) is 5.03. The lowest BCUT2D eigenvalue weighted by molar-refractivity contribution is -0.115. The van der Waals surface area contributed by atoms with Crippen LogP contribution in [0.15, 0.2) is 11.5 Å². The number of thioether (sulfide) groups is 1. The topological polar surface area (TPSA) is 119 Å². The highest BCUT2D eigenvalue weighted by Crippen LogP contribution is 2.16. The van der Waals surface area contributed by atoms with Crippen LogP contribution in [0.5, 0.6) is 0 Å². The van der Waals surface area contributed by atoms with E-state index in [0.717, 1.165) is 24.9 Å². The van der Waals surface area contributed by atoms with E-state index >= 15 is 0 Å². The second-order valence-corrected chi connectivity index (χ2v) is 5.97. The predicted molar refractivity (Wildman–Crippen MR) is 92.6 cm³/mol. The van der Waals surface area contributed by atoms with Gasteiger partial charge in [0.1, 0.15) is 6.33 Å². The van der Waals surface area contributed by atoms with E-state index in [2.05, 4.69) is 25.0 Å². The van der Waals surface area contributed by atoms with Crippen molar-refractivity contribution < 1.29 is 4.79 Å². The number of nitrogens with zero attached hydrogens (tertiary/aromatic N) is 8. The van der Waals surface area contributed by atoms with Crippen molar-refractivity contribution in [2.24, 2.45) is 5.73 Å². The van der Waals surface area contributed by atoms with E-state index in [0.29, 0.717) is 23.0 Å². The van der Waals surface area contributed by atoms with Crippen molar-refractivity contribution in [2.45, 2.75) is 19.0 Å². The maximum absolute atomic E-state index is 10.8. The van der Waals surface area contributed by atoms with E-state index in [1.807, 2.05) is 32.8 Å². The number of primary amides is 1. The lowest BCUT2D eigenvalue weighted by Crippen LogP contribution is -2.26. The minimum Gasteiger partial charge on any atom is -0.369 e. The van der Waals surface area contributed by atoms with E-state index in [1.54, 1.807) is 4.90 Å². The van der Waals surface area contributed by atoms with E-state index < -0.39 is 5.91 Å². The Morgan fingerprint density at radius 3 is 2.46 bits per heavy atom. The highest BCUT2D eigenvalue weighted by atomic mass is 32.2. The van der Waals surface area contributed by atoms with Crippen LogP contribution in [0.2, 0.25) is 0 Å². The van der Waals surface area contributed by atoms with Gasteiger partial charge in [-0.25, -0.2) is 4.98 Å². The van der Waals surface area contributed by atoms with E-state index in [4.69, 9.17) is 5.73 Å². The smallest absolute Gasteiger partial charge is 0.258 e. The summed E-state index contributed by atoms with van der Waals surface area (Å²) in [7, 11) is 3.72. The fraction of sp³-hybridized carbons (Fsp3) is 0.538. The molecule has 2 aromatic rings. The van der Waals surface area contributed by atoms with Gasteiger partial charge in [0.15, 0.2) is 0 Å². The van der Waals surface area contributed by atoms with Crippen LogP contribution in [0.1, 0.15) is 13.8 Å². The molecule has 0 atom stereocenters.